The Labute approximate surface area is 127 Å². The van der Waals surface area contributed by atoms with Gasteiger partial charge in [-0.05, 0) is 29.9 Å². The van der Waals surface area contributed by atoms with Crippen LogP contribution in [0.3, 0.4) is 0 Å². The van der Waals surface area contributed by atoms with Gasteiger partial charge in [0.1, 0.15) is 0 Å². The van der Waals surface area contributed by atoms with Gasteiger partial charge in [0.2, 0.25) is 0 Å². The van der Waals surface area contributed by atoms with Crippen LogP contribution < -0.4 is 0 Å². The first-order valence-electron chi connectivity index (χ1n) is 7.78. The van der Waals surface area contributed by atoms with Crippen molar-refractivity contribution in [3.8, 4) is 0 Å². The lowest BCUT2D eigenvalue weighted by Gasteiger charge is -2.36. The highest BCUT2D eigenvalue weighted by atomic mass is 16.3. The van der Waals surface area contributed by atoms with Crippen LogP contribution in [0.25, 0.3) is 0 Å². The van der Waals surface area contributed by atoms with Crippen molar-refractivity contribution in [3.05, 3.63) is 71.8 Å². The summed E-state index contributed by atoms with van der Waals surface area (Å²) in [6, 6.07) is 21.3. The lowest BCUT2D eigenvalue weighted by molar-refractivity contribution is 0.0217. The van der Waals surface area contributed by atoms with Gasteiger partial charge in [-0.25, -0.2) is 0 Å². The molecule has 0 heterocycles. The van der Waals surface area contributed by atoms with Crippen LogP contribution in [0, 0.1) is 5.92 Å². The molecule has 1 saturated carbocycles. The van der Waals surface area contributed by atoms with Crippen molar-refractivity contribution >= 4 is 0 Å². The van der Waals surface area contributed by atoms with E-state index in [1.807, 2.05) is 0 Å². The molecule has 2 heteroatoms. The van der Waals surface area contributed by atoms with Crippen LogP contribution in [0.15, 0.2) is 60.7 Å². The lowest BCUT2D eigenvalue weighted by Crippen LogP contribution is -2.38. The van der Waals surface area contributed by atoms with E-state index < -0.39 is 0 Å². The van der Waals surface area contributed by atoms with Gasteiger partial charge in [0.15, 0.2) is 0 Å². The van der Waals surface area contributed by atoms with Crippen molar-refractivity contribution in [2.24, 2.45) is 5.92 Å². The third kappa shape index (κ3) is 4.16. The Morgan fingerprint density at radius 3 is 1.71 bits per heavy atom. The summed E-state index contributed by atoms with van der Waals surface area (Å²) in [6.45, 7) is 3.02. The zero-order valence-corrected chi connectivity index (χ0v) is 12.4. The van der Waals surface area contributed by atoms with Crippen LogP contribution in [0.1, 0.15) is 24.0 Å². The third-order valence-electron chi connectivity index (χ3n) is 4.23. The molecule has 0 bridgehead atoms. The first kappa shape index (κ1) is 14.3. The second-order valence-electron chi connectivity index (χ2n) is 6.13. The number of rotatable bonds is 6. The number of aliphatic hydroxyl groups excluding tert-OH is 1. The van der Waals surface area contributed by atoms with E-state index >= 15 is 0 Å². The molecule has 2 aromatic rings. The molecule has 2 aromatic carbocycles. The fraction of sp³-hybridized carbons (Fsp3) is 0.368. The Bertz CT molecular complexity index is 493. The van der Waals surface area contributed by atoms with E-state index in [9.17, 15) is 5.11 Å². The smallest absolute Gasteiger partial charge is 0.0546 e. The molecule has 1 N–H and O–H groups in total. The molecule has 0 spiro atoms. The number of benzene rings is 2. The highest BCUT2D eigenvalue weighted by Gasteiger charge is 2.28. The third-order valence-corrected chi connectivity index (χ3v) is 4.23. The van der Waals surface area contributed by atoms with Crippen molar-refractivity contribution in [2.75, 3.05) is 6.54 Å². The van der Waals surface area contributed by atoms with Crippen LogP contribution in [-0.4, -0.2) is 22.7 Å². The largest absolute Gasteiger partial charge is 0.393 e. The Morgan fingerprint density at radius 2 is 1.29 bits per heavy atom. The highest BCUT2D eigenvalue weighted by molar-refractivity contribution is 5.17. The van der Waals surface area contributed by atoms with E-state index in [4.69, 9.17) is 0 Å². The zero-order chi connectivity index (χ0) is 14.5. The number of hydrogen-bond acceptors (Lipinski definition) is 2. The van der Waals surface area contributed by atoms with Gasteiger partial charge in [0.25, 0.3) is 0 Å². The monoisotopic (exact) mass is 281 g/mol. The van der Waals surface area contributed by atoms with Crippen LogP contribution in [0.4, 0.5) is 0 Å². The first-order chi connectivity index (χ1) is 10.3. The van der Waals surface area contributed by atoms with Gasteiger partial charge in [0, 0.05) is 19.6 Å². The number of hydrogen-bond donors (Lipinski definition) is 1. The molecule has 1 aliphatic rings. The molecule has 1 aliphatic carbocycles. The molecular weight excluding hydrogens is 258 g/mol. The predicted octanol–water partition coefficient (Wildman–Crippen LogP) is 3.46. The van der Waals surface area contributed by atoms with E-state index in [1.54, 1.807) is 0 Å². The molecule has 110 valence electrons. The van der Waals surface area contributed by atoms with Crippen molar-refractivity contribution in [1.29, 1.82) is 0 Å². The van der Waals surface area contributed by atoms with Gasteiger partial charge >= 0.3 is 0 Å². The van der Waals surface area contributed by atoms with Crippen LogP contribution in [0.2, 0.25) is 0 Å². The molecule has 0 amide bonds. The maximum atomic E-state index is 9.49. The van der Waals surface area contributed by atoms with E-state index in [2.05, 4.69) is 65.6 Å². The average molecular weight is 281 g/mol. The second-order valence-corrected chi connectivity index (χ2v) is 6.13. The number of aliphatic hydroxyl groups is 1. The minimum atomic E-state index is -0.0645. The average Bonchev–Trinajstić information content (AvgIpc) is 2.48. The quantitative estimate of drug-likeness (QED) is 0.876. The van der Waals surface area contributed by atoms with E-state index in [-0.39, 0.29) is 6.10 Å². The van der Waals surface area contributed by atoms with Crippen LogP contribution >= 0.6 is 0 Å². The summed E-state index contributed by atoms with van der Waals surface area (Å²) in [5, 5.41) is 9.49. The van der Waals surface area contributed by atoms with Gasteiger partial charge in [-0.2, -0.15) is 0 Å². The van der Waals surface area contributed by atoms with Crippen molar-refractivity contribution in [3.63, 3.8) is 0 Å². The molecule has 21 heavy (non-hydrogen) atoms. The molecule has 0 radical (unpaired) electrons. The predicted molar refractivity (Wildman–Crippen MR) is 85.7 cm³/mol. The van der Waals surface area contributed by atoms with Crippen LogP contribution in [-0.2, 0) is 13.1 Å². The van der Waals surface area contributed by atoms with Crippen LogP contribution in [0.5, 0.6) is 0 Å². The van der Waals surface area contributed by atoms with E-state index in [0.717, 1.165) is 32.5 Å². The summed E-state index contributed by atoms with van der Waals surface area (Å²) in [4.78, 5) is 2.50. The standard InChI is InChI=1S/C19H23NO/c21-19-11-18(12-19)15-20(13-16-7-3-1-4-8-16)14-17-9-5-2-6-10-17/h1-10,18-19,21H,11-15H2. The fourth-order valence-corrected chi connectivity index (χ4v) is 3.08. The van der Waals surface area contributed by atoms with Crippen molar-refractivity contribution in [1.82, 2.24) is 4.90 Å². The molecule has 0 atom stereocenters. The normalized spacial score (nSPS) is 21.2. The van der Waals surface area contributed by atoms with Crippen molar-refractivity contribution < 1.29 is 5.11 Å². The summed E-state index contributed by atoms with van der Waals surface area (Å²) in [5.74, 6) is 0.646. The second kappa shape index (κ2) is 6.88. The molecule has 0 aliphatic heterocycles. The summed E-state index contributed by atoms with van der Waals surface area (Å²) in [6.07, 6.45) is 1.85. The molecular formula is C19H23NO. The Hall–Kier alpha value is -1.64. The molecule has 0 saturated heterocycles. The van der Waals surface area contributed by atoms with Gasteiger partial charge in [-0.1, -0.05) is 60.7 Å². The summed E-state index contributed by atoms with van der Waals surface area (Å²) in [7, 11) is 0. The Balaban J connectivity index is 1.65. The maximum absolute atomic E-state index is 9.49. The first-order valence-corrected chi connectivity index (χ1v) is 7.78. The fourth-order valence-electron chi connectivity index (χ4n) is 3.08. The van der Waals surface area contributed by atoms with Gasteiger partial charge < -0.3 is 5.11 Å². The van der Waals surface area contributed by atoms with E-state index in [0.29, 0.717) is 5.92 Å². The Kier molecular flexibility index (Phi) is 4.69. The highest BCUT2D eigenvalue weighted by Crippen LogP contribution is 2.28. The zero-order valence-electron chi connectivity index (χ0n) is 12.4. The van der Waals surface area contributed by atoms with Gasteiger partial charge in [-0.15, -0.1) is 0 Å². The maximum Gasteiger partial charge on any atom is 0.0546 e. The lowest BCUT2D eigenvalue weighted by atomic mass is 9.82. The molecule has 2 nitrogen and oxygen atoms in total. The Morgan fingerprint density at radius 1 is 0.810 bits per heavy atom. The van der Waals surface area contributed by atoms with E-state index in [1.165, 1.54) is 11.1 Å². The van der Waals surface area contributed by atoms with Gasteiger partial charge in [0.05, 0.1) is 6.10 Å². The number of nitrogens with zero attached hydrogens (tertiary/aromatic N) is 1. The van der Waals surface area contributed by atoms with Gasteiger partial charge in [-0.3, -0.25) is 4.90 Å². The summed E-state index contributed by atoms with van der Waals surface area (Å²) >= 11 is 0. The summed E-state index contributed by atoms with van der Waals surface area (Å²) in [5.41, 5.74) is 2.71. The molecule has 0 unspecified atom stereocenters. The molecule has 1 fully saturated rings. The SMILES string of the molecule is OC1CC(CN(Cc2ccccc2)Cc2ccccc2)C1. The molecule has 3 rings (SSSR count). The topological polar surface area (TPSA) is 23.5 Å². The molecule has 0 aromatic heterocycles. The summed E-state index contributed by atoms with van der Waals surface area (Å²) < 4.78 is 0. The van der Waals surface area contributed by atoms with Crippen molar-refractivity contribution in [2.45, 2.75) is 32.0 Å². The minimum absolute atomic E-state index is 0.0645. The minimum Gasteiger partial charge on any atom is -0.393 e.